The Hall–Kier alpha value is -1.62. The molecule has 3 heterocycles. The van der Waals surface area contributed by atoms with E-state index in [9.17, 15) is 9.90 Å². The number of nitrogens with zero attached hydrogens (tertiary/aromatic N) is 2. The van der Waals surface area contributed by atoms with Gasteiger partial charge in [0.15, 0.2) is 0 Å². The van der Waals surface area contributed by atoms with Crippen molar-refractivity contribution in [1.82, 2.24) is 9.47 Å². The molecule has 126 valence electrons. The SMILES string of the molecule is O=c1c(Cl)c(CO)cc2n1CC1CC2CN(Cc2ccccc2)C1. The van der Waals surface area contributed by atoms with Gasteiger partial charge < -0.3 is 9.67 Å². The van der Waals surface area contributed by atoms with Crippen LogP contribution in [0.25, 0.3) is 0 Å². The van der Waals surface area contributed by atoms with E-state index in [2.05, 4.69) is 29.2 Å². The average Bonchev–Trinajstić information content (AvgIpc) is 2.59. The molecule has 1 saturated heterocycles. The number of hydrogen-bond acceptors (Lipinski definition) is 3. The molecule has 0 saturated carbocycles. The Morgan fingerprint density at radius 1 is 1.17 bits per heavy atom. The molecule has 2 aromatic rings. The molecule has 0 radical (unpaired) electrons. The van der Waals surface area contributed by atoms with E-state index in [-0.39, 0.29) is 17.2 Å². The van der Waals surface area contributed by atoms with Gasteiger partial charge >= 0.3 is 0 Å². The van der Waals surface area contributed by atoms with Gasteiger partial charge in [-0.15, -0.1) is 0 Å². The van der Waals surface area contributed by atoms with Crippen molar-refractivity contribution < 1.29 is 5.11 Å². The molecule has 4 nitrogen and oxygen atoms in total. The third-order valence-corrected chi connectivity index (χ3v) is 5.64. The maximum atomic E-state index is 12.5. The summed E-state index contributed by atoms with van der Waals surface area (Å²) in [6, 6.07) is 12.4. The molecule has 24 heavy (non-hydrogen) atoms. The van der Waals surface area contributed by atoms with Crippen molar-refractivity contribution in [2.75, 3.05) is 13.1 Å². The van der Waals surface area contributed by atoms with Crippen molar-refractivity contribution in [3.63, 3.8) is 0 Å². The Kier molecular flexibility index (Phi) is 4.21. The lowest BCUT2D eigenvalue weighted by atomic mass is 9.82. The Bertz CT molecular complexity index is 803. The molecule has 4 rings (SSSR count). The monoisotopic (exact) mass is 344 g/mol. The maximum absolute atomic E-state index is 12.5. The molecule has 0 amide bonds. The zero-order valence-electron chi connectivity index (χ0n) is 13.5. The number of hydrogen-bond donors (Lipinski definition) is 1. The number of rotatable bonds is 3. The molecule has 2 atom stereocenters. The summed E-state index contributed by atoms with van der Waals surface area (Å²) in [5.74, 6) is 0.810. The lowest BCUT2D eigenvalue weighted by Crippen LogP contribution is -2.47. The van der Waals surface area contributed by atoms with Crippen molar-refractivity contribution >= 4 is 11.6 Å². The minimum absolute atomic E-state index is 0.149. The Balaban J connectivity index is 1.63. The highest BCUT2D eigenvalue weighted by atomic mass is 35.5. The zero-order valence-corrected chi connectivity index (χ0v) is 14.2. The van der Waals surface area contributed by atoms with Crippen LogP contribution < -0.4 is 5.56 Å². The molecule has 5 heteroatoms. The molecule has 0 spiro atoms. The van der Waals surface area contributed by atoms with Crippen molar-refractivity contribution in [3.8, 4) is 0 Å². The van der Waals surface area contributed by atoms with Gasteiger partial charge in [0, 0.05) is 43.4 Å². The average molecular weight is 345 g/mol. The van der Waals surface area contributed by atoms with E-state index in [1.54, 1.807) is 0 Å². The van der Waals surface area contributed by atoms with Gasteiger partial charge in [-0.25, -0.2) is 0 Å². The Morgan fingerprint density at radius 2 is 1.96 bits per heavy atom. The number of fused-ring (bicyclic) bond motifs is 4. The van der Waals surface area contributed by atoms with Crippen molar-refractivity contribution in [1.29, 1.82) is 0 Å². The summed E-state index contributed by atoms with van der Waals surface area (Å²) in [5, 5.41) is 9.64. The number of aromatic nitrogens is 1. The van der Waals surface area contributed by atoms with Gasteiger partial charge in [0.2, 0.25) is 0 Å². The standard InChI is InChI=1S/C19H21ClN2O2/c20-18-16(12-23)7-17-15-6-14(10-22(17)19(18)24)9-21(11-15)8-13-4-2-1-3-5-13/h1-5,7,14-15,23H,6,8-12H2. The summed E-state index contributed by atoms with van der Waals surface area (Å²) in [6.07, 6.45) is 1.11. The zero-order chi connectivity index (χ0) is 16.7. The summed E-state index contributed by atoms with van der Waals surface area (Å²) < 4.78 is 1.83. The van der Waals surface area contributed by atoms with Gasteiger partial charge in [-0.2, -0.15) is 0 Å². The fourth-order valence-electron chi connectivity index (χ4n) is 4.21. The lowest BCUT2D eigenvalue weighted by Gasteiger charge is -2.43. The quantitative estimate of drug-likeness (QED) is 0.931. The van der Waals surface area contributed by atoms with Gasteiger partial charge in [-0.1, -0.05) is 41.9 Å². The number of pyridine rings is 1. The third kappa shape index (κ3) is 2.79. The van der Waals surface area contributed by atoms with Crippen molar-refractivity contribution in [2.45, 2.75) is 32.0 Å². The fraction of sp³-hybridized carbons (Fsp3) is 0.421. The molecule has 2 aliphatic rings. The molecule has 2 unspecified atom stereocenters. The Morgan fingerprint density at radius 3 is 2.71 bits per heavy atom. The van der Waals surface area contributed by atoms with Gasteiger partial charge in [-0.3, -0.25) is 9.69 Å². The molecule has 2 bridgehead atoms. The molecular formula is C19H21ClN2O2. The molecule has 1 aromatic carbocycles. The van der Waals surface area contributed by atoms with Crippen LogP contribution in [0.1, 0.15) is 29.2 Å². The molecule has 1 fully saturated rings. The van der Waals surface area contributed by atoms with Gasteiger partial charge in [-0.05, 0) is 24.0 Å². The first kappa shape index (κ1) is 15.9. The second-order valence-corrected chi connectivity index (χ2v) is 7.34. The van der Waals surface area contributed by atoms with E-state index in [0.717, 1.165) is 38.3 Å². The van der Waals surface area contributed by atoms with E-state index < -0.39 is 0 Å². The minimum Gasteiger partial charge on any atom is -0.392 e. The van der Waals surface area contributed by atoms with Crippen LogP contribution in [0, 0.1) is 5.92 Å². The molecule has 0 aliphatic carbocycles. The van der Waals surface area contributed by atoms with Crippen LogP contribution in [0.15, 0.2) is 41.2 Å². The smallest absolute Gasteiger partial charge is 0.269 e. The Labute approximate surface area is 146 Å². The summed E-state index contributed by atoms with van der Waals surface area (Å²) in [4.78, 5) is 15.0. The first-order valence-electron chi connectivity index (χ1n) is 8.45. The first-order chi connectivity index (χ1) is 11.7. The summed E-state index contributed by atoms with van der Waals surface area (Å²) in [6.45, 7) is 3.43. The van der Waals surface area contributed by atoms with Gasteiger partial charge in [0.25, 0.3) is 5.56 Å². The van der Waals surface area contributed by atoms with E-state index >= 15 is 0 Å². The summed E-state index contributed by atoms with van der Waals surface area (Å²) >= 11 is 6.12. The van der Waals surface area contributed by atoms with Crippen LogP contribution in [-0.4, -0.2) is 27.7 Å². The topological polar surface area (TPSA) is 45.5 Å². The van der Waals surface area contributed by atoms with E-state index in [4.69, 9.17) is 11.6 Å². The summed E-state index contributed by atoms with van der Waals surface area (Å²) in [5.41, 5.74) is 2.75. The molecule has 1 N–H and O–H groups in total. The second kappa shape index (κ2) is 6.36. The van der Waals surface area contributed by atoms with E-state index in [1.165, 1.54) is 5.56 Å². The maximum Gasteiger partial charge on any atom is 0.269 e. The number of halogens is 1. The largest absolute Gasteiger partial charge is 0.392 e. The van der Waals surface area contributed by atoms with Gasteiger partial charge in [0.1, 0.15) is 5.02 Å². The fourth-order valence-corrected chi connectivity index (χ4v) is 4.43. The van der Waals surface area contributed by atoms with Crippen LogP contribution >= 0.6 is 11.6 Å². The number of piperidine rings is 1. The first-order valence-corrected chi connectivity index (χ1v) is 8.82. The lowest BCUT2D eigenvalue weighted by molar-refractivity contribution is 0.114. The van der Waals surface area contributed by atoms with Crippen molar-refractivity contribution in [3.05, 3.63) is 68.6 Å². The molecular weight excluding hydrogens is 324 g/mol. The van der Waals surface area contributed by atoms with Gasteiger partial charge in [0.05, 0.1) is 6.61 Å². The van der Waals surface area contributed by atoms with Crippen LogP contribution in [0.3, 0.4) is 0 Å². The number of likely N-dealkylation sites (tertiary alicyclic amines) is 1. The van der Waals surface area contributed by atoms with E-state index in [0.29, 0.717) is 17.4 Å². The second-order valence-electron chi connectivity index (χ2n) is 6.96. The molecule has 2 aliphatic heterocycles. The highest BCUT2D eigenvalue weighted by Gasteiger charge is 2.35. The molecule has 1 aromatic heterocycles. The predicted molar refractivity (Wildman–Crippen MR) is 94.2 cm³/mol. The highest BCUT2D eigenvalue weighted by molar-refractivity contribution is 6.31. The van der Waals surface area contributed by atoms with E-state index in [1.807, 2.05) is 16.7 Å². The van der Waals surface area contributed by atoms with Crippen LogP contribution in [0.2, 0.25) is 5.02 Å². The van der Waals surface area contributed by atoms with Crippen LogP contribution in [-0.2, 0) is 19.7 Å². The number of aliphatic hydroxyl groups is 1. The van der Waals surface area contributed by atoms with Crippen molar-refractivity contribution in [2.24, 2.45) is 5.92 Å². The van der Waals surface area contributed by atoms with Crippen LogP contribution in [0.4, 0.5) is 0 Å². The predicted octanol–water partition coefficient (Wildman–Crippen LogP) is 2.61. The third-order valence-electron chi connectivity index (χ3n) is 5.24. The highest BCUT2D eigenvalue weighted by Crippen LogP contribution is 2.36. The normalized spacial score (nSPS) is 23.1. The summed E-state index contributed by atoms with van der Waals surface area (Å²) in [7, 11) is 0. The minimum atomic E-state index is -0.189. The number of benzene rings is 1. The number of aliphatic hydroxyl groups excluding tert-OH is 1. The van der Waals surface area contributed by atoms with Crippen LogP contribution in [0.5, 0.6) is 0 Å².